The van der Waals surface area contributed by atoms with E-state index in [0.29, 0.717) is 6.42 Å². The Bertz CT molecular complexity index is 608. The van der Waals surface area contributed by atoms with Crippen molar-refractivity contribution >= 4 is 11.6 Å². The largest absolute Gasteiger partial charge is 0.480 e. The van der Waals surface area contributed by atoms with Gasteiger partial charge in [0.2, 0.25) is 0 Å². The van der Waals surface area contributed by atoms with Crippen LogP contribution in [0.3, 0.4) is 0 Å². The van der Waals surface area contributed by atoms with Crippen LogP contribution in [0.1, 0.15) is 24.5 Å². The summed E-state index contributed by atoms with van der Waals surface area (Å²) in [4.78, 5) is 12.3. The number of carbonyl (C=O) groups excluding carboxylic acids is 1. The molecule has 0 saturated carbocycles. The Kier molecular flexibility index (Phi) is 4.99. The highest BCUT2D eigenvalue weighted by Crippen LogP contribution is 2.21. The number of hydrogen-bond donors (Lipinski definition) is 1. The van der Waals surface area contributed by atoms with Crippen molar-refractivity contribution in [2.24, 2.45) is 0 Å². The van der Waals surface area contributed by atoms with Crippen LogP contribution in [0.2, 0.25) is 0 Å². The maximum atomic E-state index is 12.3. The number of nitrogens with one attached hydrogen (secondary N) is 1. The molecule has 0 spiro atoms. The summed E-state index contributed by atoms with van der Waals surface area (Å²) in [5.74, 6) is 0.648. The van der Waals surface area contributed by atoms with Crippen LogP contribution in [0.4, 0.5) is 5.69 Å². The highest BCUT2D eigenvalue weighted by molar-refractivity contribution is 5.94. The van der Waals surface area contributed by atoms with Crippen LogP contribution in [-0.2, 0) is 4.79 Å². The standard InChI is InChI=1S/C18H21NO2/c1-4-16(18(20)19-15-8-6-5-7-9-15)21-17-12-13(2)10-11-14(17)3/h5-12,16H,4H2,1-3H3,(H,19,20)/t16-/m1/s1. The lowest BCUT2D eigenvalue weighted by Gasteiger charge is -2.19. The van der Waals surface area contributed by atoms with E-state index in [2.05, 4.69) is 5.32 Å². The molecular formula is C18H21NO2. The first kappa shape index (κ1) is 15.1. The molecule has 0 aromatic heterocycles. The van der Waals surface area contributed by atoms with E-state index in [1.165, 1.54) is 0 Å². The first-order valence-electron chi connectivity index (χ1n) is 7.20. The summed E-state index contributed by atoms with van der Waals surface area (Å²) in [6, 6.07) is 15.4. The topological polar surface area (TPSA) is 38.3 Å². The van der Waals surface area contributed by atoms with Gasteiger partial charge >= 0.3 is 0 Å². The molecule has 0 bridgehead atoms. The number of carbonyl (C=O) groups is 1. The number of rotatable bonds is 5. The van der Waals surface area contributed by atoms with Crippen LogP contribution in [0.5, 0.6) is 5.75 Å². The van der Waals surface area contributed by atoms with E-state index >= 15 is 0 Å². The molecule has 0 radical (unpaired) electrons. The molecule has 1 N–H and O–H groups in total. The molecule has 0 unspecified atom stereocenters. The average molecular weight is 283 g/mol. The van der Waals surface area contributed by atoms with Gasteiger partial charge < -0.3 is 10.1 Å². The van der Waals surface area contributed by atoms with E-state index in [-0.39, 0.29) is 5.91 Å². The minimum absolute atomic E-state index is 0.121. The first-order valence-corrected chi connectivity index (χ1v) is 7.20. The van der Waals surface area contributed by atoms with Crippen LogP contribution >= 0.6 is 0 Å². The second-order valence-corrected chi connectivity index (χ2v) is 5.14. The third kappa shape index (κ3) is 4.09. The Balaban J connectivity index is 2.09. The van der Waals surface area contributed by atoms with Gasteiger partial charge in [-0.25, -0.2) is 0 Å². The van der Waals surface area contributed by atoms with E-state index in [0.717, 1.165) is 22.6 Å². The van der Waals surface area contributed by atoms with Crippen LogP contribution in [0, 0.1) is 13.8 Å². The molecule has 0 fully saturated rings. The van der Waals surface area contributed by atoms with Crippen LogP contribution in [0.15, 0.2) is 48.5 Å². The minimum atomic E-state index is -0.495. The maximum absolute atomic E-state index is 12.3. The molecule has 2 rings (SSSR count). The smallest absolute Gasteiger partial charge is 0.265 e. The van der Waals surface area contributed by atoms with Gasteiger partial charge in [0.05, 0.1) is 0 Å². The second kappa shape index (κ2) is 6.93. The molecule has 2 aromatic carbocycles. The van der Waals surface area contributed by atoms with Crippen molar-refractivity contribution in [3.8, 4) is 5.75 Å². The van der Waals surface area contributed by atoms with Crippen molar-refractivity contribution in [3.05, 3.63) is 59.7 Å². The molecule has 0 aliphatic rings. The van der Waals surface area contributed by atoms with Crippen molar-refractivity contribution in [2.45, 2.75) is 33.3 Å². The third-order valence-electron chi connectivity index (χ3n) is 3.32. The van der Waals surface area contributed by atoms with Crippen molar-refractivity contribution in [1.29, 1.82) is 0 Å². The average Bonchev–Trinajstić information content (AvgIpc) is 2.49. The van der Waals surface area contributed by atoms with E-state index in [4.69, 9.17) is 4.74 Å². The molecule has 110 valence electrons. The fourth-order valence-electron chi connectivity index (χ4n) is 2.05. The van der Waals surface area contributed by atoms with Gasteiger partial charge in [0.15, 0.2) is 6.10 Å². The quantitative estimate of drug-likeness (QED) is 0.897. The Morgan fingerprint density at radius 3 is 2.52 bits per heavy atom. The van der Waals surface area contributed by atoms with Crippen molar-refractivity contribution in [2.75, 3.05) is 5.32 Å². The molecule has 21 heavy (non-hydrogen) atoms. The number of para-hydroxylation sites is 1. The monoisotopic (exact) mass is 283 g/mol. The lowest BCUT2D eigenvalue weighted by atomic mass is 10.1. The second-order valence-electron chi connectivity index (χ2n) is 5.14. The zero-order valence-electron chi connectivity index (χ0n) is 12.7. The summed E-state index contributed by atoms with van der Waals surface area (Å²) < 4.78 is 5.90. The third-order valence-corrected chi connectivity index (χ3v) is 3.32. The van der Waals surface area contributed by atoms with Crippen LogP contribution in [0.25, 0.3) is 0 Å². The number of aryl methyl sites for hydroxylation is 2. The Labute approximate surface area is 126 Å². The van der Waals surface area contributed by atoms with E-state index in [1.54, 1.807) is 0 Å². The van der Waals surface area contributed by atoms with Crippen molar-refractivity contribution in [1.82, 2.24) is 0 Å². The molecule has 0 saturated heterocycles. The Morgan fingerprint density at radius 2 is 1.86 bits per heavy atom. The molecule has 1 atom stereocenters. The molecule has 0 aliphatic carbocycles. The fourth-order valence-corrected chi connectivity index (χ4v) is 2.05. The van der Waals surface area contributed by atoms with Gasteiger partial charge in [-0.3, -0.25) is 4.79 Å². The molecule has 0 aliphatic heterocycles. The summed E-state index contributed by atoms with van der Waals surface area (Å²) >= 11 is 0. The van der Waals surface area contributed by atoms with E-state index in [9.17, 15) is 4.79 Å². The lowest BCUT2D eigenvalue weighted by Crippen LogP contribution is -2.32. The molecule has 3 heteroatoms. The summed E-state index contributed by atoms with van der Waals surface area (Å²) in [6.07, 6.45) is 0.122. The molecule has 1 amide bonds. The predicted molar refractivity (Wildman–Crippen MR) is 85.7 cm³/mol. The zero-order chi connectivity index (χ0) is 15.2. The van der Waals surface area contributed by atoms with Gasteiger partial charge in [-0.2, -0.15) is 0 Å². The number of anilines is 1. The van der Waals surface area contributed by atoms with Crippen molar-refractivity contribution in [3.63, 3.8) is 0 Å². The van der Waals surface area contributed by atoms with E-state index < -0.39 is 6.10 Å². The normalized spacial score (nSPS) is 11.8. The highest BCUT2D eigenvalue weighted by Gasteiger charge is 2.19. The summed E-state index contributed by atoms with van der Waals surface area (Å²) in [5.41, 5.74) is 2.94. The van der Waals surface area contributed by atoms with Crippen LogP contribution < -0.4 is 10.1 Å². The molecule has 3 nitrogen and oxygen atoms in total. The number of hydrogen-bond acceptors (Lipinski definition) is 2. The Hall–Kier alpha value is -2.29. The summed E-state index contributed by atoms with van der Waals surface area (Å²) in [7, 11) is 0. The van der Waals surface area contributed by atoms with Crippen LogP contribution in [-0.4, -0.2) is 12.0 Å². The number of ether oxygens (including phenoxy) is 1. The first-order chi connectivity index (χ1) is 10.1. The SMILES string of the molecule is CC[C@@H](Oc1cc(C)ccc1C)C(=O)Nc1ccccc1. The number of amides is 1. The Morgan fingerprint density at radius 1 is 1.14 bits per heavy atom. The van der Waals surface area contributed by atoms with Gasteiger partial charge in [0.25, 0.3) is 5.91 Å². The highest BCUT2D eigenvalue weighted by atomic mass is 16.5. The lowest BCUT2D eigenvalue weighted by molar-refractivity contribution is -0.122. The van der Waals surface area contributed by atoms with Gasteiger partial charge in [-0.05, 0) is 49.6 Å². The van der Waals surface area contributed by atoms with E-state index in [1.807, 2.05) is 69.3 Å². The molecule has 2 aromatic rings. The fraction of sp³-hybridized carbons (Fsp3) is 0.278. The van der Waals surface area contributed by atoms with Gasteiger partial charge in [-0.1, -0.05) is 37.3 Å². The predicted octanol–water partition coefficient (Wildman–Crippen LogP) is 4.10. The van der Waals surface area contributed by atoms with Gasteiger partial charge in [0.1, 0.15) is 5.75 Å². The zero-order valence-corrected chi connectivity index (χ0v) is 12.7. The molecular weight excluding hydrogens is 262 g/mol. The van der Waals surface area contributed by atoms with Crippen molar-refractivity contribution < 1.29 is 9.53 Å². The van der Waals surface area contributed by atoms with Gasteiger partial charge in [0, 0.05) is 5.69 Å². The maximum Gasteiger partial charge on any atom is 0.265 e. The summed E-state index contributed by atoms with van der Waals surface area (Å²) in [5, 5.41) is 2.88. The summed E-state index contributed by atoms with van der Waals surface area (Å²) in [6.45, 7) is 5.94. The minimum Gasteiger partial charge on any atom is -0.480 e. The van der Waals surface area contributed by atoms with Gasteiger partial charge in [-0.15, -0.1) is 0 Å². The molecule has 0 heterocycles. The number of benzene rings is 2.